The summed E-state index contributed by atoms with van der Waals surface area (Å²) in [7, 11) is -3.50. The van der Waals surface area contributed by atoms with E-state index in [0.29, 0.717) is 15.8 Å². The molecule has 170 valence electrons. The van der Waals surface area contributed by atoms with Gasteiger partial charge in [0.2, 0.25) is 0 Å². The van der Waals surface area contributed by atoms with Gasteiger partial charge < -0.3 is 4.74 Å². The average molecular weight is 491 g/mol. The second kappa shape index (κ2) is 9.51. The van der Waals surface area contributed by atoms with E-state index in [9.17, 15) is 8.42 Å². The Morgan fingerprint density at radius 2 is 1.88 bits per heavy atom. The first-order chi connectivity index (χ1) is 15.3. The first-order valence-corrected chi connectivity index (χ1v) is 13.5. The van der Waals surface area contributed by atoms with E-state index in [1.165, 1.54) is 23.0 Å². The van der Waals surface area contributed by atoms with E-state index in [1.54, 1.807) is 23.7 Å². The van der Waals surface area contributed by atoms with Crippen LogP contribution in [0.1, 0.15) is 37.3 Å². The molecule has 0 radical (unpaired) electrons. The van der Waals surface area contributed by atoms with Crippen molar-refractivity contribution in [2.75, 3.05) is 13.1 Å². The van der Waals surface area contributed by atoms with Gasteiger partial charge in [-0.2, -0.15) is 0 Å². The number of rotatable bonds is 7. The van der Waals surface area contributed by atoms with E-state index in [0.717, 1.165) is 25.9 Å². The van der Waals surface area contributed by atoms with Gasteiger partial charge in [-0.15, -0.1) is 11.3 Å². The lowest BCUT2D eigenvalue weighted by Gasteiger charge is -2.43. The van der Waals surface area contributed by atoms with Gasteiger partial charge in [-0.25, -0.2) is 13.4 Å². The number of hydrogen-bond donors (Lipinski definition) is 0. The van der Waals surface area contributed by atoms with Crippen molar-refractivity contribution in [2.45, 2.75) is 49.0 Å². The molecule has 5 nitrogen and oxygen atoms in total. The summed E-state index contributed by atoms with van der Waals surface area (Å²) in [5.41, 5.74) is 1.26. The summed E-state index contributed by atoms with van der Waals surface area (Å²) in [5, 5.41) is 2.64. The Hall–Kier alpha value is -1.93. The number of piperidine rings is 1. The first-order valence-electron chi connectivity index (χ1n) is 10.6. The molecule has 0 spiro atoms. The molecule has 0 amide bonds. The molecule has 8 heteroatoms. The molecule has 3 aromatic rings. The Kier molecular flexibility index (Phi) is 6.91. The number of thiazole rings is 1. The lowest BCUT2D eigenvalue weighted by Crippen LogP contribution is -2.48. The van der Waals surface area contributed by atoms with Gasteiger partial charge in [0.05, 0.1) is 9.92 Å². The summed E-state index contributed by atoms with van der Waals surface area (Å²) in [6.45, 7) is 6.35. The molecular weight excluding hydrogens is 464 g/mol. The van der Waals surface area contributed by atoms with Crippen LogP contribution in [0.3, 0.4) is 0 Å². The van der Waals surface area contributed by atoms with Gasteiger partial charge >= 0.3 is 0 Å². The third-order valence-corrected chi connectivity index (χ3v) is 8.95. The Bertz CT molecular complexity index is 1140. The van der Waals surface area contributed by atoms with Crippen molar-refractivity contribution in [3.05, 3.63) is 75.7 Å². The zero-order chi connectivity index (χ0) is 22.8. The van der Waals surface area contributed by atoms with E-state index < -0.39 is 9.84 Å². The van der Waals surface area contributed by atoms with Gasteiger partial charge in [-0.1, -0.05) is 41.9 Å². The minimum absolute atomic E-state index is 0.0443. The highest BCUT2D eigenvalue weighted by Crippen LogP contribution is 2.34. The summed E-state index contributed by atoms with van der Waals surface area (Å²) in [6, 6.07) is 15.3. The smallest absolute Gasteiger partial charge is 0.184 e. The van der Waals surface area contributed by atoms with Crippen molar-refractivity contribution < 1.29 is 13.2 Å². The van der Waals surface area contributed by atoms with Crippen LogP contribution in [-0.2, 0) is 21.1 Å². The molecule has 1 aliphatic heterocycles. The van der Waals surface area contributed by atoms with Gasteiger partial charge in [0.25, 0.3) is 0 Å². The highest BCUT2D eigenvalue weighted by molar-refractivity contribution is 7.90. The standard InChI is InChI=1S/C24H27ClN2O3S2/c1-24(2,18-6-4-3-5-7-18)27-13-10-19(11-14-27)30-22-9-8-20(16-21(22)25)32(28,29)17-23-26-12-15-31-23/h3-9,12,15-16,19H,10-11,13-14,17H2,1-2H3. The van der Waals surface area contributed by atoms with Crippen LogP contribution in [0.5, 0.6) is 5.75 Å². The van der Waals surface area contributed by atoms with Gasteiger partial charge in [0.1, 0.15) is 22.6 Å². The number of likely N-dealkylation sites (tertiary alicyclic amines) is 1. The zero-order valence-electron chi connectivity index (χ0n) is 18.2. The third kappa shape index (κ3) is 5.17. The molecule has 32 heavy (non-hydrogen) atoms. The van der Waals surface area contributed by atoms with Crippen molar-refractivity contribution >= 4 is 32.8 Å². The molecule has 0 aliphatic carbocycles. The lowest BCUT2D eigenvalue weighted by molar-refractivity contribution is 0.0392. The minimum Gasteiger partial charge on any atom is -0.489 e. The van der Waals surface area contributed by atoms with Gasteiger partial charge in [0.15, 0.2) is 9.84 Å². The predicted molar refractivity (Wildman–Crippen MR) is 129 cm³/mol. The maximum absolute atomic E-state index is 12.7. The van der Waals surface area contributed by atoms with E-state index in [-0.39, 0.29) is 22.3 Å². The Labute approximate surface area is 198 Å². The largest absolute Gasteiger partial charge is 0.489 e. The second-order valence-corrected chi connectivity index (χ2v) is 11.9. The fraction of sp³-hybridized carbons (Fsp3) is 0.375. The quantitative estimate of drug-likeness (QED) is 0.434. The summed E-state index contributed by atoms with van der Waals surface area (Å²) in [5.74, 6) is 0.400. The average Bonchev–Trinajstić information content (AvgIpc) is 3.28. The maximum atomic E-state index is 12.7. The molecule has 1 aliphatic rings. The van der Waals surface area contributed by atoms with Gasteiger partial charge in [0, 0.05) is 30.2 Å². The highest BCUT2D eigenvalue weighted by atomic mass is 35.5. The number of halogens is 1. The molecular formula is C24H27ClN2O3S2. The summed E-state index contributed by atoms with van der Waals surface area (Å²) in [4.78, 5) is 6.73. The molecule has 0 N–H and O–H groups in total. The molecule has 1 aromatic heterocycles. The number of sulfone groups is 1. The van der Waals surface area contributed by atoms with Crippen LogP contribution in [0.25, 0.3) is 0 Å². The number of hydrogen-bond acceptors (Lipinski definition) is 6. The molecule has 1 saturated heterocycles. The van der Waals surface area contributed by atoms with Crippen LogP contribution in [0.4, 0.5) is 0 Å². The van der Waals surface area contributed by atoms with Crippen LogP contribution in [0.15, 0.2) is 65.0 Å². The van der Waals surface area contributed by atoms with E-state index in [2.05, 4.69) is 48.0 Å². The SMILES string of the molecule is CC(C)(c1ccccc1)N1CCC(Oc2ccc(S(=O)(=O)Cc3nccs3)cc2Cl)CC1. The van der Waals surface area contributed by atoms with Crippen molar-refractivity contribution in [2.24, 2.45) is 0 Å². The molecule has 0 bridgehead atoms. The van der Waals surface area contributed by atoms with Crippen LogP contribution in [0, 0.1) is 0 Å². The van der Waals surface area contributed by atoms with E-state index in [4.69, 9.17) is 16.3 Å². The fourth-order valence-electron chi connectivity index (χ4n) is 4.08. The van der Waals surface area contributed by atoms with Crippen molar-refractivity contribution in [1.82, 2.24) is 9.88 Å². The second-order valence-electron chi connectivity index (χ2n) is 8.51. The molecule has 4 rings (SSSR count). The Morgan fingerprint density at radius 1 is 1.16 bits per heavy atom. The predicted octanol–water partition coefficient (Wildman–Crippen LogP) is 5.55. The Balaban J connectivity index is 1.38. The highest BCUT2D eigenvalue weighted by Gasteiger charge is 2.32. The summed E-state index contributed by atoms with van der Waals surface area (Å²) >= 11 is 7.73. The van der Waals surface area contributed by atoms with Crippen LogP contribution in [-0.4, -0.2) is 37.5 Å². The van der Waals surface area contributed by atoms with Gasteiger partial charge in [-0.3, -0.25) is 4.90 Å². The molecule has 2 heterocycles. The Morgan fingerprint density at radius 3 is 2.50 bits per heavy atom. The fourth-order valence-corrected chi connectivity index (χ4v) is 6.65. The van der Waals surface area contributed by atoms with Crippen LogP contribution in [0.2, 0.25) is 5.02 Å². The normalized spacial score (nSPS) is 16.2. The monoisotopic (exact) mass is 490 g/mol. The first kappa shape index (κ1) is 23.2. The number of benzene rings is 2. The lowest BCUT2D eigenvalue weighted by atomic mass is 9.90. The maximum Gasteiger partial charge on any atom is 0.184 e. The van der Waals surface area contributed by atoms with Crippen LogP contribution < -0.4 is 4.74 Å². The van der Waals surface area contributed by atoms with Gasteiger partial charge in [-0.05, 0) is 50.5 Å². The molecule has 0 unspecified atom stereocenters. The number of nitrogens with zero attached hydrogens (tertiary/aromatic N) is 2. The molecule has 0 saturated carbocycles. The third-order valence-electron chi connectivity index (χ3n) is 6.07. The van der Waals surface area contributed by atoms with Crippen molar-refractivity contribution in [3.8, 4) is 5.75 Å². The van der Waals surface area contributed by atoms with Crippen molar-refractivity contribution in [3.63, 3.8) is 0 Å². The minimum atomic E-state index is -3.50. The van der Waals surface area contributed by atoms with E-state index >= 15 is 0 Å². The van der Waals surface area contributed by atoms with Crippen LogP contribution >= 0.6 is 22.9 Å². The summed E-state index contributed by atoms with van der Waals surface area (Å²) in [6.07, 6.45) is 3.42. The zero-order valence-corrected chi connectivity index (χ0v) is 20.6. The molecule has 0 atom stereocenters. The summed E-state index contributed by atoms with van der Waals surface area (Å²) < 4.78 is 31.5. The number of aromatic nitrogens is 1. The molecule has 2 aromatic carbocycles. The van der Waals surface area contributed by atoms with Crippen molar-refractivity contribution in [1.29, 1.82) is 0 Å². The van der Waals surface area contributed by atoms with E-state index in [1.807, 2.05) is 6.07 Å². The topological polar surface area (TPSA) is 59.5 Å². The molecule has 1 fully saturated rings. The number of ether oxygens (including phenoxy) is 1.